The highest BCUT2D eigenvalue weighted by Gasteiger charge is 2.00. The molecule has 0 aliphatic heterocycles. The fourth-order valence-electron chi connectivity index (χ4n) is 1.72. The van der Waals surface area contributed by atoms with Crippen molar-refractivity contribution in [2.24, 2.45) is 0 Å². The molecule has 2 rings (SSSR count). The zero-order chi connectivity index (χ0) is 10.7. The predicted molar refractivity (Wildman–Crippen MR) is 65.4 cm³/mol. The lowest BCUT2D eigenvalue weighted by atomic mass is 10.0. The van der Waals surface area contributed by atoms with Gasteiger partial charge in [-0.25, -0.2) is 4.98 Å². The van der Waals surface area contributed by atoms with Crippen LogP contribution in [0, 0.1) is 0 Å². The lowest BCUT2D eigenvalue weighted by Crippen LogP contribution is -1.86. The van der Waals surface area contributed by atoms with Gasteiger partial charge in [-0.15, -0.1) is 0 Å². The summed E-state index contributed by atoms with van der Waals surface area (Å²) in [5, 5.41) is 2.83. The van der Waals surface area contributed by atoms with Crippen LogP contribution in [0.2, 0.25) is 5.15 Å². The standard InChI is InChI=1S/C13H14ClN/c1-2-3-4-10-5-6-11-7-8-15-13(14)12(11)9-10/h5-9H,2-4H2,1H3. The average Bonchev–Trinajstić information content (AvgIpc) is 2.27. The van der Waals surface area contributed by atoms with Gasteiger partial charge >= 0.3 is 0 Å². The Morgan fingerprint density at radius 2 is 2.13 bits per heavy atom. The zero-order valence-corrected chi connectivity index (χ0v) is 9.59. The van der Waals surface area contributed by atoms with Gasteiger partial charge in [0.1, 0.15) is 5.15 Å². The largest absolute Gasteiger partial charge is 0.244 e. The molecule has 0 aliphatic carbocycles. The molecule has 0 radical (unpaired) electrons. The number of aryl methyl sites for hydroxylation is 1. The zero-order valence-electron chi connectivity index (χ0n) is 8.83. The number of benzene rings is 1. The van der Waals surface area contributed by atoms with Crippen LogP contribution >= 0.6 is 11.6 Å². The van der Waals surface area contributed by atoms with E-state index in [0.29, 0.717) is 5.15 Å². The first-order chi connectivity index (χ1) is 7.31. The molecule has 0 bridgehead atoms. The molecule has 0 saturated carbocycles. The van der Waals surface area contributed by atoms with Gasteiger partial charge in [0.25, 0.3) is 0 Å². The molecule has 0 unspecified atom stereocenters. The lowest BCUT2D eigenvalue weighted by Gasteiger charge is -2.03. The number of pyridine rings is 1. The van der Waals surface area contributed by atoms with Gasteiger partial charge in [-0.2, -0.15) is 0 Å². The Balaban J connectivity index is 2.41. The van der Waals surface area contributed by atoms with E-state index >= 15 is 0 Å². The van der Waals surface area contributed by atoms with Crippen molar-refractivity contribution in [1.82, 2.24) is 4.98 Å². The summed E-state index contributed by atoms with van der Waals surface area (Å²) in [5.74, 6) is 0. The van der Waals surface area contributed by atoms with E-state index in [9.17, 15) is 0 Å². The molecular weight excluding hydrogens is 206 g/mol. The smallest absolute Gasteiger partial charge is 0.136 e. The number of halogens is 1. The van der Waals surface area contributed by atoms with Gasteiger partial charge in [0.05, 0.1) is 0 Å². The van der Waals surface area contributed by atoms with Crippen LogP contribution in [-0.2, 0) is 6.42 Å². The highest BCUT2D eigenvalue weighted by molar-refractivity contribution is 6.34. The minimum Gasteiger partial charge on any atom is -0.244 e. The molecular formula is C13H14ClN. The van der Waals surface area contributed by atoms with Gasteiger partial charge in [0, 0.05) is 11.6 Å². The first-order valence-electron chi connectivity index (χ1n) is 5.34. The SMILES string of the molecule is CCCCc1ccc2ccnc(Cl)c2c1. The minimum absolute atomic E-state index is 0.603. The van der Waals surface area contributed by atoms with Crippen LogP contribution in [0.5, 0.6) is 0 Å². The quantitative estimate of drug-likeness (QED) is 0.704. The van der Waals surface area contributed by atoms with Gasteiger partial charge in [-0.05, 0) is 35.9 Å². The fraction of sp³-hybridized carbons (Fsp3) is 0.308. The van der Waals surface area contributed by atoms with E-state index in [1.165, 1.54) is 18.4 Å². The van der Waals surface area contributed by atoms with E-state index in [2.05, 4.69) is 30.1 Å². The maximum Gasteiger partial charge on any atom is 0.136 e. The second-order valence-electron chi connectivity index (χ2n) is 3.76. The summed E-state index contributed by atoms with van der Waals surface area (Å²) < 4.78 is 0. The van der Waals surface area contributed by atoms with Gasteiger partial charge < -0.3 is 0 Å². The van der Waals surface area contributed by atoms with Crippen molar-refractivity contribution in [2.45, 2.75) is 26.2 Å². The van der Waals surface area contributed by atoms with Crippen LogP contribution in [0.3, 0.4) is 0 Å². The third-order valence-corrected chi connectivity index (χ3v) is 2.90. The molecule has 0 saturated heterocycles. The van der Waals surface area contributed by atoms with Crippen LogP contribution in [0.1, 0.15) is 25.3 Å². The third-order valence-electron chi connectivity index (χ3n) is 2.60. The van der Waals surface area contributed by atoms with E-state index in [1.807, 2.05) is 6.07 Å². The molecule has 1 aromatic heterocycles. The molecule has 0 aliphatic rings. The van der Waals surface area contributed by atoms with Crippen LogP contribution < -0.4 is 0 Å². The summed E-state index contributed by atoms with van der Waals surface area (Å²) in [6.07, 6.45) is 5.32. The van der Waals surface area contributed by atoms with Gasteiger partial charge in [-0.3, -0.25) is 0 Å². The maximum absolute atomic E-state index is 6.05. The Labute approximate surface area is 95.1 Å². The third kappa shape index (κ3) is 2.29. The first-order valence-corrected chi connectivity index (χ1v) is 5.72. The monoisotopic (exact) mass is 219 g/mol. The predicted octanol–water partition coefficient (Wildman–Crippen LogP) is 4.23. The van der Waals surface area contributed by atoms with E-state index in [1.54, 1.807) is 6.20 Å². The second-order valence-corrected chi connectivity index (χ2v) is 4.12. The van der Waals surface area contributed by atoms with Gasteiger partial charge in [0.15, 0.2) is 0 Å². The molecule has 2 aromatic rings. The average molecular weight is 220 g/mol. The highest BCUT2D eigenvalue weighted by atomic mass is 35.5. The van der Waals surface area contributed by atoms with Gasteiger partial charge in [0.2, 0.25) is 0 Å². The van der Waals surface area contributed by atoms with Crippen molar-refractivity contribution in [1.29, 1.82) is 0 Å². The molecule has 0 N–H and O–H groups in total. The van der Waals surface area contributed by atoms with Crippen molar-refractivity contribution in [2.75, 3.05) is 0 Å². The summed E-state index contributed by atoms with van der Waals surface area (Å²) in [5.41, 5.74) is 1.35. The fourth-order valence-corrected chi connectivity index (χ4v) is 1.94. The molecule has 0 amide bonds. The molecule has 1 aromatic carbocycles. The summed E-state index contributed by atoms with van der Waals surface area (Å²) in [7, 11) is 0. The molecule has 0 spiro atoms. The Kier molecular flexibility index (Phi) is 3.22. The van der Waals surface area contributed by atoms with E-state index in [0.717, 1.165) is 17.2 Å². The summed E-state index contributed by atoms with van der Waals surface area (Å²) in [6, 6.07) is 8.44. The molecule has 78 valence electrons. The summed E-state index contributed by atoms with van der Waals surface area (Å²) >= 11 is 6.05. The number of unbranched alkanes of at least 4 members (excludes halogenated alkanes) is 1. The Bertz CT molecular complexity index is 465. The molecule has 0 atom stereocenters. The van der Waals surface area contributed by atoms with Crippen molar-refractivity contribution in [3.63, 3.8) is 0 Å². The number of aromatic nitrogens is 1. The second kappa shape index (κ2) is 4.63. The Morgan fingerprint density at radius 3 is 2.93 bits per heavy atom. The van der Waals surface area contributed by atoms with Crippen molar-refractivity contribution >= 4 is 22.4 Å². The number of fused-ring (bicyclic) bond motifs is 1. The number of hydrogen-bond acceptors (Lipinski definition) is 1. The van der Waals surface area contributed by atoms with Crippen molar-refractivity contribution in [3.8, 4) is 0 Å². The first kappa shape index (κ1) is 10.4. The van der Waals surface area contributed by atoms with E-state index in [4.69, 9.17) is 11.6 Å². The highest BCUT2D eigenvalue weighted by Crippen LogP contribution is 2.22. The number of nitrogens with zero attached hydrogens (tertiary/aromatic N) is 1. The topological polar surface area (TPSA) is 12.9 Å². The lowest BCUT2D eigenvalue weighted by molar-refractivity contribution is 0.796. The molecule has 15 heavy (non-hydrogen) atoms. The van der Waals surface area contributed by atoms with E-state index in [-0.39, 0.29) is 0 Å². The normalized spacial score (nSPS) is 10.8. The van der Waals surface area contributed by atoms with Crippen LogP contribution in [0.4, 0.5) is 0 Å². The van der Waals surface area contributed by atoms with Gasteiger partial charge in [-0.1, -0.05) is 37.1 Å². The Hall–Kier alpha value is -1.08. The van der Waals surface area contributed by atoms with Crippen molar-refractivity contribution in [3.05, 3.63) is 41.2 Å². The molecule has 1 nitrogen and oxygen atoms in total. The summed E-state index contributed by atoms with van der Waals surface area (Å²) in [4.78, 5) is 4.09. The van der Waals surface area contributed by atoms with E-state index < -0.39 is 0 Å². The van der Waals surface area contributed by atoms with Crippen LogP contribution in [0.25, 0.3) is 10.8 Å². The Morgan fingerprint density at radius 1 is 1.27 bits per heavy atom. The van der Waals surface area contributed by atoms with Crippen molar-refractivity contribution < 1.29 is 0 Å². The molecule has 2 heteroatoms. The summed E-state index contributed by atoms with van der Waals surface area (Å²) in [6.45, 7) is 2.20. The minimum atomic E-state index is 0.603. The maximum atomic E-state index is 6.05. The number of hydrogen-bond donors (Lipinski definition) is 0. The molecule has 0 fully saturated rings. The van der Waals surface area contributed by atoms with Crippen LogP contribution in [-0.4, -0.2) is 4.98 Å². The number of rotatable bonds is 3. The molecule has 1 heterocycles. The van der Waals surface area contributed by atoms with Crippen LogP contribution in [0.15, 0.2) is 30.5 Å².